The zero-order valence-corrected chi connectivity index (χ0v) is 11.5. The van der Waals surface area contributed by atoms with Crippen LogP contribution in [0.2, 0.25) is 0 Å². The average molecular weight is 302 g/mol. The Labute approximate surface area is 110 Å². The van der Waals surface area contributed by atoms with E-state index in [1.807, 2.05) is 11.9 Å². The van der Waals surface area contributed by atoms with Gasteiger partial charge in [-0.15, -0.1) is 0 Å². The number of benzene rings is 1. The lowest BCUT2D eigenvalue weighted by Crippen LogP contribution is -2.30. The van der Waals surface area contributed by atoms with E-state index in [0.717, 1.165) is 17.3 Å². The summed E-state index contributed by atoms with van der Waals surface area (Å²) in [5.74, 6) is 0.269. The molecule has 0 aromatic heterocycles. The van der Waals surface area contributed by atoms with Crippen molar-refractivity contribution in [3.63, 3.8) is 0 Å². The highest BCUT2D eigenvalue weighted by Gasteiger charge is 2.30. The van der Waals surface area contributed by atoms with Crippen LogP contribution in [0.15, 0.2) is 22.7 Å². The highest BCUT2D eigenvalue weighted by atomic mass is 79.9. The number of aliphatic hydroxyl groups is 1. The highest BCUT2D eigenvalue weighted by Crippen LogP contribution is 2.32. The molecule has 0 bridgehead atoms. The molecule has 0 saturated heterocycles. The first kappa shape index (κ1) is 13.0. The van der Waals surface area contributed by atoms with E-state index in [4.69, 9.17) is 0 Å². The van der Waals surface area contributed by atoms with Gasteiger partial charge in [-0.3, -0.25) is 4.90 Å². The molecule has 1 N–H and O–H groups in total. The molecule has 1 aliphatic carbocycles. The summed E-state index contributed by atoms with van der Waals surface area (Å²) in [5.41, 5.74) is 0.657. The fraction of sp³-hybridized carbons (Fsp3) is 0.538. The molecule has 0 heterocycles. The van der Waals surface area contributed by atoms with Crippen molar-refractivity contribution in [2.75, 3.05) is 13.6 Å². The number of nitrogens with zero attached hydrogens (tertiary/aromatic N) is 1. The lowest BCUT2D eigenvalue weighted by atomic mass is 10.2. The average Bonchev–Trinajstić information content (AvgIpc) is 3.06. The Balaban J connectivity index is 1.92. The molecule has 1 aromatic rings. The minimum absolute atomic E-state index is 0.194. The maximum absolute atomic E-state index is 13.5. The fourth-order valence-corrected chi connectivity index (χ4v) is 2.38. The van der Waals surface area contributed by atoms with Gasteiger partial charge in [0.15, 0.2) is 0 Å². The van der Waals surface area contributed by atoms with Crippen molar-refractivity contribution < 1.29 is 9.50 Å². The number of hydrogen-bond acceptors (Lipinski definition) is 2. The van der Waals surface area contributed by atoms with Crippen molar-refractivity contribution in [2.24, 2.45) is 5.92 Å². The smallest absolute Gasteiger partial charge is 0.127 e. The van der Waals surface area contributed by atoms with Crippen molar-refractivity contribution in [3.05, 3.63) is 34.1 Å². The van der Waals surface area contributed by atoms with Gasteiger partial charge >= 0.3 is 0 Å². The summed E-state index contributed by atoms with van der Waals surface area (Å²) < 4.78 is 14.4. The Kier molecular flexibility index (Phi) is 4.17. The van der Waals surface area contributed by atoms with Crippen LogP contribution in [-0.2, 0) is 6.54 Å². The van der Waals surface area contributed by atoms with E-state index in [1.165, 1.54) is 6.07 Å². The third kappa shape index (κ3) is 3.76. The van der Waals surface area contributed by atoms with Crippen LogP contribution in [0.4, 0.5) is 4.39 Å². The standard InChI is InChI=1S/C13H17BrFNO/c1-16(8-13(17)9-2-3-9)7-10-6-11(14)4-5-12(10)15/h4-6,9,13,17H,2-3,7-8H2,1H3. The minimum Gasteiger partial charge on any atom is -0.392 e. The maximum Gasteiger partial charge on any atom is 0.127 e. The molecular formula is C13H17BrFNO. The van der Waals surface area contributed by atoms with E-state index in [9.17, 15) is 9.50 Å². The van der Waals surface area contributed by atoms with Crippen LogP contribution in [0.3, 0.4) is 0 Å². The van der Waals surface area contributed by atoms with Crippen molar-refractivity contribution in [1.29, 1.82) is 0 Å². The van der Waals surface area contributed by atoms with Crippen LogP contribution in [-0.4, -0.2) is 29.7 Å². The summed E-state index contributed by atoms with van der Waals surface area (Å²) in [5, 5.41) is 9.82. The monoisotopic (exact) mass is 301 g/mol. The molecule has 0 spiro atoms. The van der Waals surface area contributed by atoms with Crippen LogP contribution < -0.4 is 0 Å². The Morgan fingerprint density at radius 2 is 2.24 bits per heavy atom. The van der Waals surface area contributed by atoms with Gasteiger partial charge in [-0.2, -0.15) is 0 Å². The van der Waals surface area contributed by atoms with Gasteiger partial charge in [0.2, 0.25) is 0 Å². The van der Waals surface area contributed by atoms with Gasteiger partial charge in [-0.05, 0) is 44.0 Å². The molecule has 1 fully saturated rings. The van der Waals surface area contributed by atoms with Gasteiger partial charge in [0.1, 0.15) is 5.82 Å². The van der Waals surface area contributed by atoms with Gasteiger partial charge in [0, 0.05) is 23.1 Å². The van der Waals surface area contributed by atoms with Gasteiger partial charge < -0.3 is 5.11 Å². The Bertz CT molecular complexity index is 395. The predicted octanol–water partition coefficient (Wildman–Crippen LogP) is 2.79. The third-order valence-corrected chi connectivity index (χ3v) is 3.61. The van der Waals surface area contributed by atoms with Crippen molar-refractivity contribution in [1.82, 2.24) is 4.90 Å². The Morgan fingerprint density at radius 1 is 1.53 bits per heavy atom. The number of halogens is 2. The van der Waals surface area contributed by atoms with Crippen molar-refractivity contribution in [3.8, 4) is 0 Å². The SMILES string of the molecule is CN(Cc1cc(Br)ccc1F)CC(O)C1CC1. The minimum atomic E-state index is -0.268. The lowest BCUT2D eigenvalue weighted by molar-refractivity contribution is 0.104. The predicted molar refractivity (Wildman–Crippen MR) is 69.2 cm³/mol. The van der Waals surface area contributed by atoms with Gasteiger partial charge in [-0.1, -0.05) is 15.9 Å². The zero-order chi connectivity index (χ0) is 12.4. The second-order valence-corrected chi connectivity index (χ2v) is 5.75. The molecule has 2 rings (SSSR count). The topological polar surface area (TPSA) is 23.5 Å². The van der Waals surface area contributed by atoms with E-state index >= 15 is 0 Å². The summed E-state index contributed by atoms with van der Waals surface area (Å²) >= 11 is 3.34. The molecule has 1 saturated carbocycles. The molecule has 0 amide bonds. The Hall–Kier alpha value is -0.450. The first-order chi connectivity index (χ1) is 8.06. The van der Waals surface area contributed by atoms with Gasteiger partial charge in [-0.25, -0.2) is 4.39 Å². The summed E-state index contributed by atoms with van der Waals surface area (Å²) in [6, 6.07) is 4.94. The molecule has 1 unspecified atom stereocenters. The molecule has 1 aliphatic rings. The first-order valence-electron chi connectivity index (χ1n) is 5.87. The second kappa shape index (κ2) is 5.46. The van der Waals surface area contributed by atoms with Gasteiger partial charge in [0.05, 0.1) is 6.10 Å². The van der Waals surface area contributed by atoms with E-state index in [1.54, 1.807) is 12.1 Å². The van der Waals surface area contributed by atoms with Crippen LogP contribution in [0.5, 0.6) is 0 Å². The van der Waals surface area contributed by atoms with Crippen LogP contribution in [0, 0.1) is 11.7 Å². The first-order valence-corrected chi connectivity index (χ1v) is 6.66. The van der Waals surface area contributed by atoms with E-state index < -0.39 is 0 Å². The van der Waals surface area contributed by atoms with E-state index in [0.29, 0.717) is 24.6 Å². The molecular weight excluding hydrogens is 285 g/mol. The lowest BCUT2D eigenvalue weighted by Gasteiger charge is -2.20. The quantitative estimate of drug-likeness (QED) is 0.904. The summed E-state index contributed by atoms with van der Waals surface area (Å²) in [6.45, 7) is 1.13. The normalized spacial score (nSPS) is 17.5. The second-order valence-electron chi connectivity index (χ2n) is 4.84. The molecule has 0 aliphatic heterocycles. The maximum atomic E-state index is 13.5. The summed E-state index contributed by atoms with van der Waals surface area (Å²) in [6.07, 6.45) is 1.98. The largest absolute Gasteiger partial charge is 0.392 e. The molecule has 4 heteroatoms. The van der Waals surface area contributed by atoms with E-state index in [2.05, 4.69) is 15.9 Å². The van der Waals surface area contributed by atoms with Crippen LogP contribution in [0.25, 0.3) is 0 Å². The zero-order valence-electron chi connectivity index (χ0n) is 9.87. The number of rotatable bonds is 5. The molecule has 2 nitrogen and oxygen atoms in total. The highest BCUT2D eigenvalue weighted by molar-refractivity contribution is 9.10. The Morgan fingerprint density at radius 3 is 2.88 bits per heavy atom. The number of hydrogen-bond donors (Lipinski definition) is 1. The fourth-order valence-electron chi connectivity index (χ4n) is 1.97. The van der Waals surface area contributed by atoms with Gasteiger partial charge in [0.25, 0.3) is 0 Å². The van der Waals surface area contributed by atoms with Crippen molar-refractivity contribution in [2.45, 2.75) is 25.5 Å². The summed E-state index contributed by atoms with van der Waals surface area (Å²) in [4.78, 5) is 1.97. The molecule has 0 radical (unpaired) electrons. The molecule has 1 atom stereocenters. The molecule has 1 aromatic carbocycles. The number of likely N-dealkylation sites (N-methyl/N-ethyl adjacent to an activating group) is 1. The number of aliphatic hydroxyl groups excluding tert-OH is 1. The van der Waals surface area contributed by atoms with Crippen LogP contribution >= 0.6 is 15.9 Å². The molecule has 94 valence electrons. The third-order valence-electron chi connectivity index (χ3n) is 3.11. The van der Waals surface area contributed by atoms with Crippen molar-refractivity contribution >= 4 is 15.9 Å². The van der Waals surface area contributed by atoms with Crippen LogP contribution in [0.1, 0.15) is 18.4 Å². The summed E-state index contributed by atoms with van der Waals surface area (Å²) in [7, 11) is 1.91. The van der Waals surface area contributed by atoms with E-state index in [-0.39, 0.29) is 11.9 Å². The molecule has 17 heavy (non-hydrogen) atoms.